The Kier molecular flexibility index (Phi) is 3.98. The monoisotopic (exact) mass is 378 g/mol. The van der Waals surface area contributed by atoms with Gasteiger partial charge in [0.2, 0.25) is 0 Å². The van der Waals surface area contributed by atoms with Crippen LogP contribution in [-0.2, 0) is 5.75 Å². The van der Waals surface area contributed by atoms with Crippen LogP contribution in [0, 0.1) is 3.57 Å². The summed E-state index contributed by atoms with van der Waals surface area (Å²) in [7, 11) is 0. The normalized spacial score (nSPS) is 10.8. The van der Waals surface area contributed by atoms with E-state index in [-0.39, 0.29) is 0 Å². The van der Waals surface area contributed by atoms with Crippen molar-refractivity contribution < 1.29 is 0 Å². The molecule has 1 heterocycles. The largest absolute Gasteiger partial charge is 0.236 e. The molecule has 0 fully saturated rings. The lowest BCUT2D eigenvalue weighted by Crippen LogP contribution is -1.88. The maximum Gasteiger partial charge on any atom is 0.117 e. The molecule has 94 valence electrons. The SMILES string of the molecule is Ic1ccc(CSc2ncnc3ccccc23)cc1. The number of hydrogen-bond acceptors (Lipinski definition) is 3. The van der Waals surface area contributed by atoms with Crippen molar-refractivity contribution in [2.75, 3.05) is 0 Å². The standard InChI is InChI=1S/C15H11IN2S/c16-12-7-5-11(6-8-12)9-19-15-13-3-1-2-4-14(13)17-10-18-15/h1-8,10H,9H2. The number of nitrogens with zero attached hydrogens (tertiary/aromatic N) is 2. The molecule has 3 aromatic rings. The van der Waals surface area contributed by atoms with Gasteiger partial charge in [0.1, 0.15) is 11.4 Å². The van der Waals surface area contributed by atoms with E-state index in [9.17, 15) is 0 Å². The van der Waals surface area contributed by atoms with Crippen LogP contribution in [0.2, 0.25) is 0 Å². The summed E-state index contributed by atoms with van der Waals surface area (Å²) in [5.41, 5.74) is 2.32. The minimum Gasteiger partial charge on any atom is -0.236 e. The Balaban J connectivity index is 1.84. The lowest BCUT2D eigenvalue weighted by Gasteiger charge is -2.04. The van der Waals surface area contributed by atoms with Gasteiger partial charge in [0.25, 0.3) is 0 Å². The highest BCUT2D eigenvalue weighted by atomic mass is 127. The number of halogens is 1. The fourth-order valence-electron chi connectivity index (χ4n) is 1.83. The molecule has 0 aliphatic carbocycles. The van der Waals surface area contributed by atoms with Crippen LogP contribution >= 0.6 is 34.4 Å². The molecular weight excluding hydrogens is 367 g/mol. The van der Waals surface area contributed by atoms with Crippen molar-refractivity contribution in [1.82, 2.24) is 9.97 Å². The van der Waals surface area contributed by atoms with Crippen molar-refractivity contribution >= 4 is 45.3 Å². The molecule has 0 atom stereocenters. The van der Waals surface area contributed by atoms with Crippen molar-refractivity contribution in [1.29, 1.82) is 0 Å². The second kappa shape index (κ2) is 5.88. The second-order valence-corrected chi connectivity index (χ2v) is 6.32. The van der Waals surface area contributed by atoms with Crippen molar-refractivity contribution in [3.63, 3.8) is 0 Å². The first-order valence-corrected chi connectivity index (χ1v) is 7.96. The lowest BCUT2D eigenvalue weighted by atomic mass is 10.2. The number of rotatable bonds is 3. The van der Waals surface area contributed by atoms with E-state index in [2.05, 4.69) is 62.9 Å². The molecule has 0 bridgehead atoms. The molecule has 0 aliphatic rings. The van der Waals surface area contributed by atoms with Gasteiger partial charge in [-0.25, -0.2) is 9.97 Å². The van der Waals surface area contributed by atoms with Crippen LogP contribution in [0.5, 0.6) is 0 Å². The van der Waals surface area contributed by atoms with Gasteiger partial charge < -0.3 is 0 Å². The molecule has 1 aromatic heterocycles. The van der Waals surface area contributed by atoms with Gasteiger partial charge in [-0.3, -0.25) is 0 Å². The summed E-state index contributed by atoms with van der Waals surface area (Å²) in [4.78, 5) is 8.67. The highest BCUT2D eigenvalue weighted by Gasteiger charge is 2.04. The van der Waals surface area contributed by atoms with E-state index in [1.54, 1.807) is 18.1 Å². The molecule has 0 radical (unpaired) electrons. The van der Waals surface area contributed by atoms with E-state index in [0.29, 0.717) is 0 Å². The van der Waals surface area contributed by atoms with Crippen LogP contribution in [0.3, 0.4) is 0 Å². The molecular formula is C15H11IN2S. The molecule has 0 aliphatic heterocycles. The highest BCUT2D eigenvalue weighted by Crippen LogP contribution is 2.27. The van der Waals surface area contributed by atoms with Crippen molar-refractivity contribution in [3.8, 4) is 0 Å². The van der Waals surface area contributed by atoms with Gasteiger partial charge in [-0.05, 0) is 46.4 Å². The minimum atomic E-state index is 0.928. The molecule has 3 rings (SSSR count). The summed E-state index contributed by atoms with van der Waals surface area (Å²) in [5.74, 6) is 0.928. The average molecular weight is 378 g/mol. The summed E-state index contributed by atoms with van der Waals surface area (Å²) in [6, 6.07) is 16.7. The molecule has 4 heteroatoms. The molecule has 19 heavy (non-hydrogen) atoms. The van der Waals surface area contributed by atoms with Gasteiger partial charge in [-0.2, -0.15) is 0 Å². The third-order valence-electron chi connectivity index (χ3n) is 2.80. The van der Waals surface area contributed by atoms with E-state index in [1.807, 2.05) is 18.2 Å². The van der Waals surface area contributed by atoms with E-state index in [0.717, 1.165) is 21.7 Å². The van der Waals surface area contributed by atoms with Crippen molar-refractivity contribution in [2.24, 2.45) is 0 Å². The summed E-state index contributed by atoms with van der Waals surface area (Å²) in [6.07, 6.45) is 1.64. The summed E-state index contributed by atoms with van der Waals surface area (Å²) < 4.78 is 1.26. The van der Waals surface area contributed by atoms with Gasteiger partial charge in [0.05, 0.1) is 5.52 Å². The third kappa shape index (κ3) is 3.06. The van der Waals surface area contributed by atoms with Gasteiger partial charge >= 0.3 is 0 Å². The van der Waals surface area contributed by atoms with E-state index in [4.69, 9.17) is 0 Å². The lowest BCUT2D eigenvalue weighted by molar-refractivity contribution is 1.10. The minimum absolute atomic E-state index is 0.928. The maximum atomic E-state index is 4.39. The maximum absolute atomic E-state index is 4.39. The number of fused-ring (bicyclic) bond motifs is 1. The topological polar surface area (TPSA) is 25.8 Å². The van der Waals surface area contributed by atoms with Gasteiger partial charge in [0, 0.05) is 14.7 Å². The Morgan fingerprint density at radius 3 is 2.58 bits per heavy atom. The predicted molar refractivity (Wildman–Crippen MR) is 88.3 cm³/mol. The number of para-hydroxylation sites is 1. The van der Waals surface area contributed by atoms with Crippen molar-refractivity contribution in [2.45, 2.75) is 10.8 Å². The Hall–Kier alpha value is -1.14. The Morgan fingerprint density at radius 2 is 1.74 bits per heavy atom. The number of thioether (sulfide) groups is 1. The first-order valence-electron chi connectivity index (χ1n) is 5.90. The molecule has 2 aromatic carbocycles. The van der Waals surface area contributed by atoms with Crippen LogP contribution in [-0.4, -0.2) is 9.97 Å². The van der Waals surface area contributed by atoms with Crippen LogP contribution in [0.1, 0.15) is 5.56 Å². The Labute approximate surface area is 129 Å². The van der Waals surface area contributed by atoms with Crippen LogP contribution < -0.4 is 0 Å². The number of benzene rings is 2. The first-order chi connectivity index (χ1) is 9.33. The third-order valence-corrected chi connectivity index (χ3v) is 4.59. The Bertz CT molecular complexity index is 693. The molecule has 0 unspecified atom stereocenters. The molecule has 0 spiro atoms. The fraction of sp³-hybridized carbons (Fsp3) is 0.0667. The second-order valence-electron chi connectivity index (χ2n) is 4.11. The quantitative estimate of drug-likeness (QED) is 0.381. The van der Waals surface area contributed by atoms with Gasteiger partial charge in [-0.15, -0.1) is 11.8 Å². The average Bonchev–Trinajstić information content (AvgIpc) is 2.47. The van der Waals surface area contributed by atoms with Gasteiger partial charge in [0.15, 0.2) is 0 Å². The van der Waals surface area contributed by atoms with Crippen LogP contribution in [0.25, 0.3) is 10.9 Å². The molecule has 0 N–H and O–H groups in total. The summed E-state index contributed by atoms with van der Waals surface area (Å²) >= 11 is 4.08. The number of aromatic nitrogens is 2. The fourth-order valence-corrected chi connectivity index (χ4v) is 3.13. The van der Waals surface area contributed by atoms with Gasteiger partial charge in [-0.1, -0.05) is 30.3 Å². The van der Waals surface area contributed by atoms with E-state index < -0.39 is 0 Å². The first kappa shape index (κ1) is 12.9. The molecule has 0 saturated carbocycles. The van der Waals surface area contributed by atoms with Crippen molar-refractivity contribution in [3.05, 3.63) is 64.0 Å². The smallest absolute Gasteiger partial charge is 0.117 e. The predicted octanol–water partition coefficient (Wildman–Crippen LogP) is 4.53. The summed E-state index contributed by atoms with van der Waals surface area (Å²) in [5, 5.41) is 2.17. The van der Waals surface area contributed by atoms with E-state index >= 15 is 0 Å². The zero-order valence-electron chi connectivity index (χ0n) is 10.1. The molecule has 0 saturated heterocycles. The molecule has 0 amide bonds. The zero-order valence-corrected chi connectivity index (χ0v) is 13.1. The summed E-state index contributed by atoms with van der Waals surface area (Å²) in [6.45, 7) is 0. The number of hydrogen-bond donors (Lipinski definition) is 0. The van der Waals surface area contributed by atoms with Crippen LogP contribution in [0.15, 0.2) is 59.9 Å². The molecule has 2 nitrogen and oxygen atoms in total. The zero-order chi connectivity index (χ0) is 13.1. The Morgan fingerprint density at radius 1 is 0.947 bits per heavy atom. The highest BCUT2D eigenvalue weighted by molar-refractivity contribution is 14.1. The van der Waals surface area contributed by atoms with E-state index in [1.165, 1.54) is 9.13 Å². The van der Waals surface area contributed by atoms with Crippen LogP contribution in [0.4, 0.5) is 0 Å².